The molecule has 0 saturated carbocycles. The van der Waals surface area contributed by atoms with Gasteiger partial charge in [-0.1, -0.05) is 63.9 Å². The molecule has 0 spiro atoms. The van der Waals surface area contributed by atoms with Gasteiger partial charge in [0, 0.05) is 6.04 Å². The van der Waals surface area contributed by atoms with E-state index in [0.29, 0.717) is 6.04 Å². The van der Waals surface area contributed by atoms with Crippen LogP contribution in [-0.2, 0) is 6.42 Å². The van der Waals surface area contributed by atoms with Crippen LogP contribution >= 0.6 is 0 Å². The summed E-state index contributed by atoms with van der Waals surface area (Å²) >= 11 is 0. The lowest BCUT2D eigenvalue weighted by atomic mass is 9.88. The topological polar surface area (TPSA) is 12.0 Å². The quantitative estimate of drug-likeness (QED) is 0.722. The molecule has 0 aliphatic heterocycles. The summed E-state index contributed by atoms with van der Waals surface area (Å²) in [7, 11) is 0. The lowest BCUT2D eigenvalue weighted by molar-refractivity contribution is 0.354. The van der Waals surface area contributed by atoms with Gasteiger partial charge in [-0.05, 0) is 43.7 Å². The standard InChI is InChI=1S/C18H31N/c1-6-15(4)10-18(13-19-14(2)3)12-17-9-7-8-16(5)11-17/h7-9,11,14-15,18-19H,6,10,12-13H2,1-5H3. The first kappa shape index (κ1) is 16.2. The van der Waals surface area contributed by atoms with Crippen molar-refractivity contribution in [1.29, 1.82) is 0 Å². The van der Waals surface area contributed by atoms with Crippen molar-refractivity contribution in [3.05, 3.63) is 35.4 Å². The van der Waals surface area contributed by atoms with Crippen LogP contribution in [0, 0.1) is 18.8 Å². The Bertz CT molecular complexity index is 356. The summed E-state index contributed by atoms with van der Waals surface area (Å²) in [5.74, 6) is 1.57. The lowest BCUT2D eigenvalue weighted by Crippen LogP contribution is -2.30. The van der Waals surface area contributed by atoms with Crippen LogP contribution in [0.5, 0.6) is 0 Å². The van der Waals surface area contributed by atoms with Gasteiger partial charge in [0.15, 0.2) is 0 Å². The number of hydrogen-bond acceptors (Lipinski definition) is 1. The van der Waals surface area contributed by atoms with E-state index in [1.165, 1.54) is 30.4 Å². The van der Waals surface area contributed by atoms with Gasteiger partial charge in [0.1, 0.15) is 0 Å². The van der Waals surface area contributed by atoms with Crippen molar-refractivity contribution in [3.63, 3.8) is 0 Å². The molecule has 0 aliphatic rings. The Kier molecular flexibility index (Phi) is 7.15. The number of rotatable bonds is 8. The highest BCUT2D eigenvalue weighted by molar-refractivity contribution is 5.22. The molecule has 2 unspecified atom stereocenters. The molecule has 0 radical (unpaired) electrons. The van der Waals surface area contributed by atoms with Crippen LogP contribution in [0.15, 0.2) is 24.3 Å². The van der Waals surface area contributed by atoms with Crippen molar-refractivity contribution >= 4 is 0 Å². The average molecular weight is 261 g/mol. The van der Waals surface area contributed by atoms with Crippen LogP contribution in [0.3, 0.4) is 0 Å². The molecule has 108 valence electrons. The van der Waals surface area contributed by atoms with Gasteiger partial charge >= 0.3 is 0 Å². The highest BCUT2D eigenvalue weighted by Gasteiger charge is 2.13. The van der Waals surface area contributed by atoms with Gasteiger partial charge in [-0.3, -0.25) is 0 Å². The van der Waals surface area contributed by atoms with Gasteiger partial charge in [0.05, 0.1) is 0 Å². The molecule has 2 atom stereocenters. The van der Waals surface area contributed by atoms with E-state index in [4.69, 9.17) is 0 Å². The van der Waals surface area contributed by atoms with E-state index in [1.807, 2.05) is 0 Å². The summed E-state index contributed by atoms with van der Waals surface area (Å²) in [4.78, 5) is 0. The number of hydrogen-bond donors (Lipinski definition) is 1. The van der Waals surface area contributed by atoms with Gasteiger partial charge in [-0.2, -0.15) is 0 Å². The van der Waals surface area contributed by atoms with E-state index in [1.54, 1.807) is 0 Å². The largest absolute Gasteiger partial charge is 0.314 e. The van der Waals surface area contributed by atoms with E-state index in [9.17, 15) is 0 Å². The van der Waals surface area contributed by atoms with Gasteiger partial charge < -0.3 is 5.32 Å². The molecule has 0 aromatic heterocycles. The monoisotopic (exact) mass is 261 g/mol. The first-order valence-corrected chi connectivity index (χ1v) is 7.80. The molecule has 1 heteroatoms. The van der Waals surface area contributed by atoms with Gasteiger partial charge in [0.25, 0.3) is 0 Å². The third kappa shape index (κ3) is 6.77. The molecule has 1 nitrogen and oxygen atoms in total. The van der Waals surface area contributed by atoms with Crippen LogP contribution < -0.4 is 5.32 Å². The number of nitrogens with one attached hydrogen (secondary N) is 1. The summed E-state index contributed by atoms with van der Waals surface area (Å²) in [5.41, 5.74) is 2.86. The number of aryl methyl sites for hydroxylation is 1. The summed E-state index contributed by atoms with van der Waals surface area (Å²) in [5, 5.41) is 3.61. The van der Waals surface area contributed by atoms with Crippen molar-refractivity contribution in [2.45, 2.75) is 59.9 Å². The van der Waals surface area contributed by atoms with Gasteiger partial charge in [-0.15, -0.1) is 0 Å². The summed E-state index contributed by atoms with van der Waals surface area (Å²) in [6, 6.07) is 9.54. The van der Waals surface area contributed by atoms with E-state index < -0.39 is 0 Å². The van der Waals surface area contributed by atoms with Crippen molar-refractivity contribution in [2.24, 2.45) is 11.8 Å². The summed E-state index contributed by atoms with van der Waals surface area (Å²) < 4.78 is 0. The third-order valence-electron chi connectivity index (χ3n) is 3.85. The van der Waals surface area contributed by atoms with Crippen LogP contribution in [0.1, 0.15) is 51.7 Å². The Labute approximate surface area is 119 Å². The molecule has 0 fully saturated rings. The fraction of sp³-hybridized carbons (Fsp3) is 0.667. The highest BCUT2D eigenvalue weighted by atomic mass is 14.9. The van der Waals surface area contributed by atoms with Crippen molar-refractivity contribution in [3.8, 4) is 0 Å². The fourth-order valence-electron chi connectivity index (χ4n) is 2.55. The highest BCUT2D eigenvalue weighted by Crippen LogP contribution is 2.20. The van der Waals surface area contributed by atoms with Gasteiger partial charge in [0.2, 0.25) is 0 Å². The van der Waals surface area contributed by atoms with Crippen molar-refractivity contribution in [2.75, 3.05) is 6.54 Å². The van der Waals surface area contributed by atoms with Crippen LogP contribution in [0.4, 0.5) is 0 Å². The molecule has 0 aliphatic carbocycles. The minimum Gasteiger partial charge on any atom is -0.314 e. The second kappa shape index (κ2) is 8.37. The molecule has 1 N–H and O–H groups in total. The Morgan fingerprint density at radius 1 is 1.16 bits per heavy atom. The third-order valence-corrected chi connectivity index (χ3v) is 3.85. The first-order chi connectivity index (χ1) is 9.01. The van der Waals surface area contributed by atoms with Crippen molar-refractivity contribution < 1.29 is 0 Å². The molecule has 0 saturated heterocycles. The molecule has 1 aromatic rings. The average Bonchev–Trinajstić information content (AvgIpc) is 2.35. The normalized spacial score (nSPS) is 14.6. The predicted octanol–water partition coefficient (Wildman–Crippen LogP) is 4.59. The van der Waals surface area contributed by atoms with E-state index in [-0.39, 0.29) is 0 Å². The fourth-order valence-corrected chi connectivity index (χ4v) is 2.55. The minimum absolute atomic E-state index is 0.581. The Morgan fingerprint density at radius 2 is 1.89 bits per heavy atom. The maximum Gasteiger partial charge on any atom is 0.00104 e. The second-order valence-electron chi connectivity index (χ2n) is 6.37. The zero-order chi connectivity index (χ0) is 14.3. The molecular formula is C18H31N. The molecule has 19 heavy (non-hydrogen) atoms. The second-order valence-corrected chi connectivity index (χ2v) is 6.37. The maximum absolute atomic E-state index is 3.61. The molecule has 0 amide bonds. The predicted molar refractivity (Wildman–Crippen MR) is 85.6 cm³/mol. The molecule has 1 rings (SSSR count). The molecule has 0 bridgehead atoms. The number of benzene rings is 1. The van der Waals surface area contributed by atoms with Crippen LogP contribution in [0.25, 0.3) is 0 Å². The first-order valence-electron chi connectivity index (χ1n) is 7.80. The molecular weight excluding hydrogens is 230 g/mol. The SMILES string of the molecule is CCC(C)CC(CNC(C)C)Cc1cccc(C)c1. The maximum atomic E-state index is 3.61. The van der Waals surface area contributed by atoms with E-state index >= 15 is 0 Å². The zero-order valence-electron chi connectivity index (χ0n) is 13.4. The lowest BCUT2D eigenvalue weighted by Gasteiger charge is -2.22. The Morgan fingerprint density at radius 3 is 2.47 bits per heavy atom. The summed E-state index contributed by atoms with van der Waals surface area (Å²) in [6.45, 7) is 12.4. The van der Waals surface area contributed by atoms with Crippen molar-refractivity contribution in [1.82, 2.24) is 5.32 Å². The Hall–Kier alpha value is -0.820. The minimum atomic E-state index is 0.581. The van der Waals surface area contributed by atoms with E-state index in [2.05, 4.69) is 64.2 Å². The van der Waals surface area contributed by atoms with Crippen LogP contribution in [-0.4, -0.2) is 12.6 Å². The summed E-state index contributed by atoms with van der Waals surface area (Å²) in [6.07, 6.45) is 3.81. The van der Waals surface area contributed by atoms with Crippen LogP contribution in [0.2, 0.25) is 0 Å². The van der Waals surface area contributed by atoms with Gasteiger partial charge in [-0.25, -0.2) is 0 Å². The smallest absolute Gasteiger partial charge is 0.00104 e. The Balaban J connectivity index is 2.61. The van der Waals surface area contributed by atoms with E-state index in [0.717, 1.165) is 18.4 Å². The molecule has 1 aromatic carbocycles. The zero-order valence-corrected chi connectivity index (χ0v) is 13.4. The molecule has 0 heterocycles.